The van der Waals surface area contributed by atoms with Gasteiger partial charge in [0.25, 0.3) is 0 Å². The molecule has 0 unspecified atom stereocenters. The molecule has 1 N–H and O–H groups in total. The molecule has 1 aromatic heterocycles. The number of carbonyl (C=O) groups is 1. The van der Waals surface area contributed by atoms with Crippen molar-refractivity contribution in [2.75, 3.05) is 13.1 Å². The Bertz CT molecular complexity index is 330. The quantitative estimate of drug-likeness (QED) is 0.582. The van der Waals surface area contributed by atoms with E-state index in [1.54, 1.807) is 17.1 Å². The summed E-state index contributed by atoms with van der Waals surface area (Å²) in [6.07, 6.45) is 3.82. The Balaban J connectivity index is 2.02. The average Bonchev–Trinajstić information content (AvgIpc) is 2.67. The van der Waals surface area contributed by atoms with Crippen molar-refractivity contribution in [3.63, 3.8) is 0 Å². The Morgan fingerprint density at radius 3 is 2.76 bits per heavy atom. The minimum atomic E-state index is -0.405. The van der Waals surface area contributed by atoms with E-state index in [0.29, 0.717) is 13.0 Å². The fraction of sp³-hybridized carbons (Fsp3) is 0.727. The Labute approximate surface area is 101 Å². The first kappa shape index (κ1) is 13.6. The summed E-state index contributed by atoms with van der Waals surface area (Å²) in [6, 6.07) is 0. The van der Waals surface area contributed by atoms with Crippen LogP contribution in [0, 0.1) is 0 Å². The van der Waals surface area contributed by atoms with Crippen molar-refractivity contribution in [3.8, 4) is 0 Å². The summed E-state index contributed by atoms with van der Waals surface area (Å²) in [5.74, 6) is -0.175. The number of esters is 1. The minimum absolute atomic E-state index is 0.175. The van der Waals surface area contributed by atoms with E-state index in [9.17, 15) is 4.79 Å². The molecule has 1 heterocycles. The molecule has 6 heteroatoms. The maximum absolute atomic E-state index is 11.4. The second kappa shape index (κ2) is 6.34. The number of hydrogen-bond donors (Lipinski definition) is 1. The van der Waals surface area contributed by atoms with Crippen molar-refractivity contribution < 1.29 is 9.53 Å². The van der Waals surface area contributed by atoms with E-state index in [0.717, 1.165) is 13.1 Å². The van der Waals surface area contributed by atoms with Gasteiger partial charge in [-0.05, 0) is 20.8 Å². The highest BCUT2D eigenvalue weighted by atomic mass is 16.6. The highest BCUT2D eigenvalue weighted by molar-refractivity contribution is 5.70. The molecular formula is C11H20N4O2. The van der Waals surface area contributed by atoms with Crippen molar-refractivity contribution in [2.45, 2.75) is 39.3 Å². The van der Waals surface area contributed by atoms with Crippen molar-refractivity contribution in [1.82, 2.24) is 20.3 Å². The predicted molar refractivity (Wildman–Crippen MR) is 63.4 cm³/mol. The van der Waals surface area contributed by atoms with Crippen LogP contribution in [0.3, 0.4) is 0 Å². The molecule has 0 fully saturated rings. The first-order chi connectivity index (χ1) is 7.97. The molecule has 17 heavy (non-hydrogen) atoms. The van der Waals surface area contributed by atoms with Crippen LogP contribution in [0.4, 0.5) is 0 Å². The zero-order valence-corrected chi connectivity index (χ0v) is 10.6. The van der Waals surface area contributed by atoms with Gasteiger partial charge in [-0.15, -0.1) is 5.10 Å². The summed E-state index contributed by atoms with van der Waals surface area (Å²) in [5, 5.41) is 10.7. The summed E-state index contributed by atoms with van der Waals surface area (Å²) in [4.78, 5) is 11.4. The largest absolute Gasteiger partial charge is 0.460 e. The zero-order chi connectivity index (χ0) is 12.7. The molecule has 0 spiro atoms. The van der Waals surface area contributed by atoms with E-state index < -0.39 is 5.60 Å². The summed E-state index contributed by atoms with van der Waals surface area (Å²) in [5.41, 5.74) is -0.405. The van der Waals surface area contributed by atoms with E-state index in [2.05, 4.69) is 15.6 Å². The van der Waals surface area contributed by atoms with Crippen molar-refractivity contribution >= 4 is 5.97 Å². The van der Waals surface area contributed by atoms with E-state index >= 15 is 0 Å². The smallest absolute Gasteiger partial charge is 0.307 e. The number of ether oxygens (including phenoxy) is 1. The van der Waals surface area contributed by atoms with Crippen molar-refractivity contribution in [1.29, 1.82) is 0 Å². The molecular weight excluding hydrogens is 220 g/mol. The predicted octanol–water partition coefficient (Wildman–Crippen LogP) is 0.599. The number of hydrogen-bond acceptors (Lipinski definition) is 5. The first-order valence-corrected chi connectivity index (χ1v) is 5.74. The SMILES string of the molecule is CC(C)(C)OC(=O)CCNCCn1ccnn1. The van der Waals surface area contributed by atoms with Crippen molar-refractivity contribution in [2.24, 2.45) is 0 Å². The molecule has 0 saturated heterocycles. The van der Waals surface area contributed by atoms with Crippen LogP contribution in [0.1, 0.15) is 27.2 Å². The van der Waals surface area contributed by atoms with Crippen LogP contribution in [0.5, 0.6) is 0 Å². The molecule has 0 atom stereocenters. The molecule has 96 valence electrons. The minimum Gasteiger partial charge on any atom is -0.460 e. The molecule has 6 nitrogen and oxygen atoms in total. The van der Waals surface area contributed by atoms with Gasteiger partial charge in [-0.2, -0.15) is 0 Å². The van der Waals surface area contributed by atoms with Crippen LogP contribution >= 0.6 is 0 Å². The Morgan fingerprint density at radius 2 is 2.18 bits per heavy atom. The summed E-state index contributed by atoms with van der Waals surface area (Å²) < 4.78 is 6.92. The number of aromatic nitrogens is 3. The lowest BCUT2D eigenvalue weighted by atomic mass is 10.2. The number of rotatable bonds is 6. The second-order valence-corrected chi connectivity index (χ2v) is 4.75. The van der Waals surface area contributed by atoms with Crippen LogP contribution in [0.25, 0.3) is 0 Å². The topological polar surface area (TPSA) is 69.0 Å². The number of nitrogens with one attached hydrogen (secondary N) is 1. The van der Waals surface area contributed by atoms with E-state index in [4.69, 9.17) is 4.74 Å². The van der Waals surface area contributed by atoms with Crippen LogP contribution in [0.15, 0.2) is 12.4 Å². The van der Waals surface area contributed by atoms with Gasteiger partial charge in [0.15, 0.2) is 0 Å². The molecule has 0 aliphatic carbocycles. The van der Waals surface area contributed by atoms with E-state index in [-0.39, 0.29) is 5.97 Å². The Morgan fingerprint density at radius 1 is 1.41 bits per heavy atom. The molecule has 0 bridgehead atoms. The monoisotopic (exact) mass is 240 g/mol. The third-order valence-electron chi connectivity index (χ3n) is 1.92. The molecule has 0 aliphatic rings. The van der Waals surface area contributed by atoms with Gasteiger partial charge in [0.1, 0.15) is 5.60 Å². The van der Waals surface area contributed by atoms with Crippen LogP contribution in [-0.4, -0.2) is 39.7 Å². The standard InChI is InChI=1S/C11H20N4O2/c1-11(2,3)17-10(16)4-5-12-6-8-15-9-7-13-14-15/h7,9,12H,4-6,8H2,1-3H3. The van der Waals surface area contributed by atoms with Gasteiger partial charge in [0.2, 0.25) is 0 Å². The fourth-order valence-corrected chi connectivity index (χ4v) is 1.25. The van der Waals surface area contributed by atoms with Gasteiger partial charge in [-0.1, -0.05) is 5.21 Å². The third-order valence-corrected chi connectivity index (χ3v) is 1.92. The zero-order valence-electron chi connectivity index (χ0n) is 10.6. The van der Waals surface area contributed by atoms with Crippen LogP contribution in [0.2, 0.25) is 0 Å². The van der Waals surface area contributed by atoms with E-state index in [1.165, 1.54) is 0 Å². The highest BCUT2D eigenvalue weighted by Gasteiger charge is 2.15. The lowest BCUT2D eigenvalue weighted by Gasteiger charge is -2.19. The molecule has 0 aromatic carbocycles. The molecule has 1 rings (SSSR count). The number of carbonyl (C=O) groups excluding carboxylic acids is 1. The lowest BCUT2D eigenvalue weighted by molar-refractivity contribution is -0.154. The molecule has 0 aliphatic heterocycles. The Kier molecular flexibility index (Phi) is 5.09. The molecule has 0 radical (unpaired) electrons. The van der Waals surface area contributed by atoms with Gasteiger partial charge in [0.05, 0.1) is 19.2 Å². The lowest BCUT2D eigenvalue weighted by Crippen LogP contribution is -2.28. The highest BCUT2D eigenvalue weighted by Crippen LogP contribution is 2.07. The summed E-state index contributed by atoms with van der Waals surface area (Å²) in [7, 11) is 0. The fourth-order valence-electron chi connectivity index (χ4n) is 1.25. The summed E-state index contributed by atoms with van der Waals surface area (Å²) in [6.45, 7) is 7.71. The number of nitrogens with zero attached hydrogens (tertiary/aromatic N) is 3. The van der Waals surface area contributed by atoms with Crippen LogP contribution in [-0.2, 0) is 16.1 Å². The Hall–Kier alpha value is -1.43. The van der Waals surface area contributed by atoms with Gasteiger partial charge in [-0.3, -0.25) is 9.48 Å². The van der Waals surface area contributed by atoms with Crippen molar-refractivity contribution in [3.05, 3.63) is 12.4 Å². The second-order valence-electron chi connectivity index (χ2n) is 4.75. The average molecular weight is 240 g/mol. The normalized spacial score (nSPS) is 11.5. The van der Waals surface area contributed by atoms with Gasteiger partial charge < -0.3 is 10.1 Å². The van der Waals surface area contributed by atoms with Gasteiger partial charge >= 0.3 is 5.97 Å². The maximum atomic E-state index is 11.4. The van der Waals surface area contributed by atoms with E-state index in [1.807, 2.05) is 20.8 Å². The van der Waals surface area contributed by atoms with Crippen LogP contribution < -0.4 is 5.32 Å². The third kappa shape index (κ3) is 6.68. The van der Waals surface area contributed by atoms with Gasteiger partial charge in [0, 0.05) is 19.3 Å². The molecule has 0 amide bonds. The first-order valence-electron chi connectivity index (χ1n) is 5.74. The molecule has 0 saturated carbocycles. The maximum Gasteiger partial charge on any atom is 0.307 e. The summed E-state index contributed by atoms with van der Waals surface area (Å²) >= 11 is 0. The molecule has 1 aromatic rings. The van der Waals surface area contributed by atoms with Gasteiger partial charge in [-0.25, -0.2) is 0 Å².